The summed E-state index contributed by atoms with van der Waals surface area (Å²) in [6.07, 6.45) is 0. The highest BCUT2D eigenvalue weighted by Crippen LogP contribution is 2.12. The smallest absolute Gasteiger partial charge is 0.149 e. The summed E-state index contributed by atoms with van der Waals surface area (Å²) in [7, 11) is 0. The number of anilines is 1. The van der Waals surface area contributed by atoms with E-state index < -0.39 is 17.3 Å². The SMILES string of the molecule is Cl.Nc1c(F)cccc1F. The lowest BCUT2D eigenvalue weighted by atomic mass is 10.3. The number of hydrogen-bond donors (Lipinski definition) is 1. The number of benzene rings is 1. The van der Waals surface area contributed by atoms with Gasteiger partial charge in [0, 0.05) is 0 Å². The Kier molecular flexibility index (Phi) is 3.09. The minimum absolute atomic E-state index is 0. The summed E-state index contributed by atoms with van der Waals surface area (Å²) >= 11 is 0. The molecule has 10 heavy (non-hydrogen) atoms. The largest absolute Gasteiger partial charge is 0.394 e. The second kappa shape index (κ2) is 3.37. The summed E-state index contributed by atoms with van der Waals surface area (Å²) in [6, 6.07) is 3.48. The second-order valence-corrected chi connectivity index (χ2v) is 1.64. The first-order chi connectivity index (χ1) is 4.22. The van der Waals surface area contributed by atoms with Crippen molar-refractivity contribution in [2.24, 2.45) is 0 Å². The van der Waals surface area contributed by atoms with Crippen molar-refractivity contribution < 1.29 is 8.78 Å². The Morgan fingerprint density at radius 1 is 1.10 bits per heavy atom. The number of nitrogens with two attached hydrogens (primary N) is 1. The van der Waals surface area contributed by atoms with Gasteiger partial charge in [-0.15, -0.1) is 12.4 Å². The molecule has 0 aliphatic rings. The Morgan fingerprint density at radius 2 is 1.50 bits per heavy atom. The van der Waals surface area contributed by atoms with Crippen LogP contribution in [-0.2, 0) is 0 Å². The normalized spacial score (nSPS) is 8.60. The van der Waals surface area contributed by atoms with Crippen LogP contribution in [0, 0.1) is 11.6 Å². The van der Waals surface area contributed by atoms with Crippen molar-refractivity contribution in [2.45, 2.75) is 0 Å². The van der Waals surface area contributed by atoms with Crippen LogP contribution in [-0.4, -0.2) is 0 Å². The Hall–Kier alpha value is -0.830. The van der Waals surface area contributed by atoms with Crippen molar-refractivity contribution in [3.05, 3.63) is 29.8 Å². The first-order valence-electron chi connectivity index (χ1n) is 2.41. The van der Waals surface area contributed by atoms with Gasteiger partial charge in [0.25, 0.3) is 0 Å². The van der Waals surface area contributed by atoms with Crippen LogP contribution in [0.4, 0.5) is 14.5 Å². The van der Waals surface area contributed by atoms with Gasteiger partial charge < -0.3 is 5.73 Å². The van der Waals surface area contributed by atoms with Crippen molar-refractivity contribution in [1.82, 2.24) is 0 Å². The van der Waals surface area contributed by atoms with Crippen LogP contribution in [0.1, 0.15) is 0 Å². The topological polar surface area (TPSA) is 26.0 Å². The van der Waals surface area contributed by atoms with Crippen molar-refractivity contribution >= 4 is 18.1 Å². The summed E-state index contributed by atoms with van der Waals surface area (Å²) in [5.74, 6) is -1.43. The van der Waals surface area contributed by atoms with Crippen LogP contribution in [0.5, 0.6) is 0 Å². The summed E-state index contributed by atoms with van der Waals surface area (Å²) in [4.78, 5) is 0. The lowest BCUT2D eigenvalue weighted by molar-refractivity contribution is 0.592. The minimum Gasteiger partial charge on any atom is -0.394 e. The monoisotopic (exact) mass is 165 g/mol. The zero-order valence-corrected chi connectivity index (χ0v) is 5.79. The Labute approximate surface area is 63.3 Å². The van der Waals surface area contributed by atoms with E-state index in [1.807, 2.05) is 0 Å². The maximum absolute atomic E-state index is 12.2. The van der Waals surface area contributed by atoms with Crippen LogP contribution in [0.2, 0.25) is 0 Å². The predicted octanol–water partition coefficient (Wildman–Crippen LogP) is 1.97. The van der Waals surface area contributed by atoms with Gasteiger partial charge in [0.15, 0.2) is 0 Å². The second-order valence-electron chi connectivity index (χ2n) is 1.64. The fourth-order valence-corrected chi connectivity index (χ4v) is 0.511. The minimum atomic E-state index is -0.713. The lowest BCUT2D eigenvalue weighted by Crippen LogP contribution is -1.93. The molecule has 0 radical (unpaired) electrons. The molecule has 0 saturated carbocycles. The Bertz CT molecular complexity index is 207. The number of nitrogen functional groups attached to an aromatic ring is 1. The summed E-state index contributed by atoms with van der Waals surface area (Å²) < 4.78 is 24.4. The van der Waals surface area contributed by atoms with Gasteiger partial charge in [0.2, 0.25) is 0 Å². The van der Waals surface area contributed by atoms with E-state index in [4.69, 9.17) is 5.73 Å². The van der Waals surface area contributed by atoms with E-state index in [9.17, 15) is 8.78 Å². The van der Waals surface area contributed by atoms with Crippen LogP contribution in [0.25, 0.3) is 0 Å². The van der Waals surface area contributed by atoms with Crippen molar-refractivity contribution in [3.63, 3.8) is 0 Å². The van der Waals surface area contributed by atoms with Crippen LogP contribution >= 0.6 is 12.4 Å². The molecular weight excluding hydrogens is 160 g/mol. The van der Waals surface area contributed by atoms with Crippen LogP contribution in [0.3, 0.4) is 0 Å². The third-order valence-corrected chi connectivity index (χ3v) is 1.000. The molecule has 0 bridgehead atoms. The van der Waals surface area contributed by atoms with Gasteiger partial charge >= 0.3 is 0 Å². The Balaban J connectivity index is 0.000000810. The molecule has 0 heterocycles. The molecule has 0 aliphatic heterocycles. The van der Waals surface area contributed by atoms with E-state index in [1.54, 1.807) is 0 Å². The van der Waals surface area contributed by atoms with Crippen LogP contribution in [0.15, 0.2) is 18.2 Å². The highest BCUT2D eigenvalue weighted by Gasteiger charge is 2.00. The summed E-state index contributed by atoms with van der Waals surface area (Å²) in [6.45, 7) is 0. The first kappa shape index (κ1) is 9.17. The molecule has 0 atom stereocenters. The van der Waals surface area contributed by atoms with Crippen molar-refractivity contribution in [2.75, 3.05) is 5.73 Å². The van der Waals surface area contributed by atoms with Gasteiger partial charge in [-0.2, -0.15) is 0 Å². The lowest BCUT2D eigenvalue weighted by Gasteiger charge is -1.94. The van der Waals surface area contributed by atoms with E-state index in [0.29, 0.717) is 0 Å². The fraction of sp³-hybridized carbons (Fsp3) is 0. The number of rotatable bonds is 0. The summed E-state index contributed by atoms with van der Waals surface area (Å²) in [5, 5.41) is 0. The number of para-hydroxylation sites is 1. The summed E-state index contributed by atoms with van der Waals surface area (Å²) in [5.41, 5.74) is 4.51. The molecule has 0 amide bonds. The molecule has 1 aromatic carbocycles. The van der Waals surface area contributed by atoms with Crippen molar-refractivity contribution in [1.29, 1.82) is 0 Å². The molecule has 0 unspecified atom stereocenters. The first-order valence-corrected chi connectivity index (χ1v) is 2.41. The zero-order chi connectivity index (χ0) is 6.85. The highest BCUT2D eigenvalue weighted by atomic mass is 35.5. The number of halogens is 3. The van der Waals surface area contributed by atoms with Crippen LogP contribution < -0.4 is 5.73 Å². The molecule has 0 fully saturated rings. The van der Waals surface area contributed by atoms with Gasteiger partial charge in [0.1, 0.15) is 17.3 Å². The molecule has 0 aliphatic carbocycles. The number of hydrogen-bond acceptors (Lipinski definition) is 1. The van der Waals surface area contributed by atoms with E-state index in [1.165, 1.54) is 6.07 Å². The van der Waals surface area contributed by atoms with E-state index in [2.05, 4.69) is 0 Å². The molecule has 0 aromatic heterocycles. The van der Waals surface area contributed by atoms with Gasteiger partial charge in [-0.1, -0.05) is 6.07 Å². The molecular formula is C6H6ClF2N. The van der Waals surface area contributed by atoms with Gasteiger partial charge in [-0.3, -0.25) is 0 Å². The average Bonchev–Trinajstić information content (AvgIpc) is 1.83. The van der Waals surface area contributed by atoms with E-state index >= 15 is 0 Å². The zero-order valence-electron chi connectivity index (χ0n) is 4.97. The standard InChI is InChI=1S/C6H5F2N.ClH/c7-4-2-1-3-5(8)6(4)9;/h1-3H,9H2;1H. The quantitative estimate of drug-likeness (QED) is 0.585. The van der Waals surface area contributed by atoms with Gasteiger partial charge in [0.05, 0.1) is 0 Å². The molecule has 1 nitrogen and oxygen atoms in total. The van der Waals surface area contributed by atoms with E-state index in [-0.39, 0.29) is 12.4 Å². The third-order valence-electron chi connectivity index (χ3n) is 1.000. The fourth-order valence-electron chi connectivity index (χ4n) is 0.511. The van der Waals surface area contributed by atoms with Gasteiger partial charge in [-0.25, -0.2) is 8.78 Å². The molecule has 2 N–H and O–H groups in total. The molecule has 0 saturated heterocycles. The van der Waals surface area contributed by atoms with Crippen molar-refractivity contribution in [3.8, 4) is 0 Å². The molecule has 56 valence electrons. The Morgan fingerprint density at radius 3 is 1.80 bits per heavy atom. The molecule has 0 spiro atoms. The maximum atomic E-state index is 12.2. The third kappa shape index (κ3) is 1.57. The highest BCUT2D eigenvalue weighted by molar-refractivity contribution is 5.85. The predicted molar refractivity (Wildman–Crippen MR) is 38.0 cm³/mol. The molecule has 1 rings (SSSR count). The van der Waals surface area contributed by atoms with Gasteiger partial charge in [-0.05, 0) is 12.1 Å². The molecule has 1 aromatic rings. The molecule has 4 heteroatoms. The maximum Gasteiger partial charge on any atom is 0.149 e. The van der Waals surface area contributed by atoms with E-state index in [0.717, 1.165) is 12.1 Å². The average molecular weight is 166 g/mol.